The van der Waals surface area contributed by atoms with Crippen LogP contribution in [0.3, 0.4) is 0 Å². The zero-order valence-corrected chi connectivity index (χ0v) is 8.94. The van der Waals surface area contributed by atoms with Gasteiger partial charge in [0, 0.05) is 12.3 Å². The lowest BCUT2D eigenvalue weighted by atomic mass is 10.1. The van der Waals surface area contributed by atoms with Crippen LogP contribution < -0.4 is 9.80 Å². The molecule has 0 aliphatic carbocycles. The first kappa shape index (κ1) is 10.8. The van der Waals surface area contributed by atoms with Gasteiger partial charge in [0.2, 0.25) is 5.88 Å². The lowest BCUT2D eigenvalue weighted by molar-refractivity contribution is 0.102. The number of methoxy groups -OCH3 is 1. The number of hydroxylamine groups is 1. The SMILES string of the molecule is COc1cc(N([O])C(C)(C)C)ccn1. The molecule has 0 atom stereocenters. The van der Waals surface area contributed by atoms with Gasteiger partial charge in [0.05, 0.1) is 18.3 Å². The summed E-state index contributed by atoms with van der Waals surface area (Å²) in [4.78, 5) is 3.93. The number of pyridine rings is 1. The van der Waals surface area contributed by atoms with Crippen molar-refractivity contribution < 1.29 is 9.94 Å². The molecule has 0 amide bonds. The number of hydrogen-bond donors (Lipinski definition) is 0. The average molecular weight is 195 g/mol. The third kappa shape index (κ3) is 2.35. The Morgan fingerprint density at radius 2 is 2.07 bits per heavy atom. The summed E-state index contributed by atoms with van der Waals surface area (Å²) in [6.07, 6.45) is 1.56. The van der Waals surface area contributed by atoms with Crippen LogP contribution in [-0.2, 0) is 5.21 Å². The Labute approximate surface area is 84.1 Å². The first-order valence-electron chi connectivity index (χ1n) is 4.42. The van der Waals surface area contributed by atoms with Gasteiger partial charge in [-0.1, -0.05) is 5.21 Å². The molecule has 0 saturated heterocycles. The Morgan fingerprint density at radius 1 is 1.43 bits per heavy atom. The maximum atomic E-state index is 11.8. The molecule has 77 valence electrons. The summed E-state index contributed by atoms with van der Waals surface area (Å²) in [6.45, 7) is 5.56. The summed E-state index contributed by atoms with van der Waals surface area (Å²) in [5, 5.41) is 12.7. The topological polar surface area (TPSA) is 45.3 Å². The average Bonchev–Trinajstić information content (AvgIpc) is 2.15. The minimum Gasteiger partial charge on any atom is -0.481 e. The van der Waals surface area contributed by atoms with Crippen molar-refractivity contribution in [2.75, 3.05) is 12.2 Å². The van der Waals surface area contributed by atoms with Crippen molar-refractivity contribution in [3.05, 3.63) is 18.3 Å². The molecular formula is C10H15N2O2. The summed E-state index contributed by atoms with van der Waals surface area (Å²) >= 11 is 0. The predicted molar refractivity (Wildman–Crippen MR) is 53.7 cm³/mol. The zero-order valence-electron chi connectivity index (χ0n) is 8.94. The van der Waals surface area contributed by atoms with Gasteiger partial charge in [-0.05, 0) is 26.8 Å². The molecule has 0 aromatic carbocycles. The minimum absolute atomic E-state index is 0.451. The number of hydrogen-bond acceptors (Lipinski definition) is 3. The minimum atomic E-state index is -0.452. The first-order valence-corrected chi connectivity index (χ1v) is 4.42. The molecule has 1 aromatic rings. The van der Waals surface area contributed by atoms with E-state index in [1.807, 2.05) is 20.8 Å². The Bertz CT molecular complexity index is 307. The quantitative estimate of drug-likeness (QED) is 0.678. The van der Waals surface area contributed by atoms with Crippen LogP contribution in [0.5, 0.6) is 5.88 Å². The van der Waals surface area contributed by atoms with E-state index in [1.54, 1.807) is 18.3 Å². The van der Waals surface area contributed by atoms with E-state index in [4.69, 9.17) is 4.74 Å². The molecule has 0 saturated carbocycles. The summed E-state index contributed by atoms with van der Waals surface area (Å²) in [5.41, 5.74) is 0.108. The third-order valence-electron chi connectivity index (χ3n) is 1.77. The van der Waals surface area contributed by atoms with Crippen LogP contribution in [0.1, 0.15) is 20.8 Å². The molecule has 4 heteroatoms. The molecule has 0 spiro atoms. The van der Waals surface area contributed by atoms with Gasteiger partial charge in [0.25, 0.3) is 0 Å². The van der Waals surface area contributed by atoms with Gasteiger partial charge in [-0.25, -0.2) is 10.0 Å². The first-order chi connectivity index (χ1) is 6.45. The largest absolute Gasteiger partial charge is 0.481 e. The summed E-state index contributed by atoms with van der Waals surface area (Å²) < 4.78 is 4.94. The van der Waals surface area contributed by atoms with Crippen LogP contribution in [0.4, 0.5) is 5.69 Å². The smallest absolute Gasteiger partial charge is 0.215 e. The summed E-state index contributed by atoms with van der Waals surface area (Å²) in [6, 6.07) is 3.29. The van der Waals surface area contributed by atoms with E-state index in [2.05, 4.69) is 4.98 Å². The van der Waals surface area contributed by atoms with Gasteiger partial charge >= 0.3 is 0 Å². The Kier molecular flexibility index (Phi) is 2.96. The van der Waals surface area contributed by atoms with Crippen molar-refractivity contribution in [2.24, 2.45) is 0 Å². The lowest BCUT2D eigenvalue weighted by Gasteiger charge is -2.28. The van der Waals surface area contributed by atoms with E-state index in [1.165, 1.54) is 7.11 Å². The van der Waals surface area contributed by atoms with Crippen molar-refractivity contribution in [3.63, 3.8) is 0 Å². The van der Waals surface area contributed by atoms with Crippen molar-refractivity contribution in [2.45, 2.75) is 26.3 Å². The number of anilines is 1. The molecule has 0 unspecified atom stereocenters. The van der Waals surface area contributed by atoms with Gasteiger partial charge < -0.3 is 4.74 Å². The molecule has 1 aromatic heterocycles. The maximum absolute atomic E-state index is 11.8. The Balaban J connectivity index is 2.95. The van der Waals surface area contributed by atoms with Crippen LogP contribution in [-0.4, -0.2) is 17.6 Å². The highest BCUT2D eigenvalue weighted by Crippen LogP contribution is 2.23. The molecule has 0 bridgehead atoms. The number of nitrogens with zero attached hydrogens (tertiary/aromatic N) is 2. The standard InChI is InChI=1S/C10H15N2O2/c1-10(2,3)12(13)8-5-6-11-9(7-8)14-4/h5-7H,1-4H3. The van der Waals surface area contributed by atoms with E-state index in [0.717, 1.165) is 5.06 Å². The maximum Gasteiger partial charge on any atom is 0.215 e. The molecule has 0 N–H and O–H groups in total. The molecular weight excluding hydrogens is 180 g/mol. The Hall–Kier alpha value is -1.29. The summed E-state index contributed by atoms with van der Waals surface area (Å²) in [7, 11) is 1.53. The molecule has 1 heterocycles. The fourth-order valence-corrected chi connectivity index (χ4v) is 1.02. The molecule has 1 rings (SSSR count). The molecule has 0 fully saturated rings. The lowest BCUT2D eigenvalue weighted by Crippen LogP contribution is -2.37. The second kappa shape index (κ2) is 3.84. The van der Waals surface area contributed by atoms with Crippen molar-refractivity contribution in [1.82, 2.24) is 4.98 Å². The van der Waals surface area contributed by atoms with Crippen molar-refractivity contribution in [1.29, 1.82) is 0 Å². The van der Waals surface area contributed by atoms with Crippen LogP contribution in [0.2, 0.25) is 0 Å². The molecule has 1 radical (unpaired) electrons. The predicted octanol–water partition coefficient (Wildman–Crippen LogP) is 2.04. The van der Waals surface area contributed by atoms with E-state index in [9.17, 15) is 5.21 Å². The number of rotatable bonds is 2. The highest BCUT2D eigenvalue weighted by Gasteiger charge is 2.21. The van der Waals surface area contributed by atoms with E-state index >= 15 is 0 Å². The van der Waals surface area contributed by atoms with E-state index in [-0.39, 0.29) is 0 Å². The van der Waals surface area contributed by atoms with Gasteiger partial charge in [-0.3, -0.25) is 0 Å². The van der Waals surface area contributed by atoms with E-state index in [0.29, 0.717) is 11.6 Å². The van der Waals surface area contributed by atoms with Crippen molar-refractivity contribution in [3.8, 4) is 5.88 Å². The summed E-state index contributed by atoms with van der Waals surface area (Å²) in [5.74, 6) is 0.451. The normalized spacial score (nSPS) is 11.2. The van der Waals surface area contributed by atoms with Crippen LogP contribution >= 0.6 is 0 Å². The molecule has 0 aliphatic rings. The van der Waals surface area contributed by atoms with Gasteiger partial charge in [0.1, 0.15) is 0 Å². The fraction of sp³-hybridized carbons (Fsp3) is 0.500. The second-order valence-corrected chi connectivity index (χ2v) is 4.02. The van der Waals surface area contributed by atoms with Crippen LogP contribution in [0.25, 0.3) is 0 Å². The zero-order chi connectivity index (χ0) is 10.8. The van der Waals surface area contributed by atoms with Gasteiger partial charge in [-0.15, -0.1) is 0 Å². The van der Waals surface area contributed by atoms with Gasteiger partial charge in [0.15, 0.2) is 0 Å². The number of aromatic nitrogens is 1. The molecule has 14 heavy (non-hydrogen) atoms. The van der Waals surface area contributed by atoms with Gasteiger partial charge in [-0.2, -0.15) is 0 Å². The third-order valence-corrected chi connectivity index (χ3v) is 1.77. The van der Waals surface area contributed by atoms with Crippen molar-refractivity contribution >= 4 is 5.69 Å². The molecule has 4 nitrogen and oxygen atoms in total. The van der Waals surface area contributed by atoms with E-state index < -0.39 is 5.54 Å². The van der Waals surface area contributed by atoms with Crippen LogP contribution in [0.15, 0.2) is 18.3 Å². The second-order valence-electron chi connectivity index (χ2n) is 4.02. The Morgan fingerprint density at radius 3 is 2.57 bits per heavy atom. The monoisotopic (exact) mass is 195 g/mol. The molecule has 0 aliphatic heterocycles. The van der Waals surface area contributed by atoms with Crippen LogP contribution in [0, 0.1) is 0 Å². The fourth-order valence-electron chi connectivity index (χ4n) is 1.02. The highest BCUT2D eigenvalue weighted by atomic mass is 16.5. The highest BCUT2D eigenvalue weighted by molar-refractivity contribution is 5.47. The number of ether oxygens (including phenoxy) is 1.